The Morgan fingerprint density at radius 1 is 1.38 bits per heavy atom. The molecule has 0 radical (unpaired) electrons. The fraction of sp³-hybridized carbons (Fsp3) is 0.250. The van der Waals surface area contributed by atoms with Crippen LogP contribution in [0.3, 0.4) is 0 Å². The van der Waals surface area contributed by atoms with Crippen LogP contribution in [-0.4, -0.2) is 26.9 Å². The zero-order valence-corrected chi connectivity index (χ0v) is 8.92. The Labute approximate surface area is 92.7 Å². The number of carbonyl (C=O) groups is 1. The molecule has 0 saturated heterocycles. The predicted octanol–water partition coefficient (Wildman–Crippen LogP) is 1.72. The molecule has 16 heavy (non-hydrogen) atoms. The molecule has 2 N–H and O–H groups in total. The molecule has 0 aliphatic carbocycles. The molecule has 0 aliphatic heterocycles. The third-order valence-corrected chi connectivity index (χ3v) is 2.42. The SMILES string of the molecule is CC(O)Cn1cc2ccc(C(=O)O)cc2c1. The summed E-state index contributed by atoms with van der Waals surface area (Å²) >= 11 is 0. The van der Waals surface area contributed by atoms with Crippen LogP contribution in [0.5, 0.6) is 0 Å². The highest BCUT2D eigenvalue weighted by atomic mass is 16.4. The number of benzene rings is 1. The zero-order chi connectivity index (χ0) is 11.7. The van der Waals surface area contributed by atoms with E-state index in [2.05, 4.69) is 0 Å². The van der Waals surface area contributed by atoms with Crippen molar-refractivity contribution >= 4 is 16.7 Å². The van der Waals surface area contributed by atoms with Gasteiger partial charge in [-0.3, -0.25) is 0 Å². The van der Waals surface area contributed by atoms with Crippen LogP contribution in [0.25, 0.3) is 10.8 Å². The van der Waals surface area contributed by atoms with Gasteiger partial charge in [0.1, 0.15) is 0 Å². The standard InChI is InChI=1S/C12H13NO3/c1-8(14)5-13-6-10-3-2-9(12(15)16)4-11(10)7-13/h2-4,6-8,14H,5H2,1H3,(H,15,16). The van der Waals surface area contributed by atoms with E-state index in [0.717, 1.165) is 10.8 Å². The molecular formula is C12H13NO3. The van der Waals surface area contributed by atoms with Crippen LogP contribution < -0.4 is 0 Å². The normalized spacial score (nSPS) is 12.9. The fourth-order valence-corrected chi connectivity index (χ4v) is 1.74. The number of hydrogen-bond acceptors (Lipinski definition) is 2. The summed E-state index contributed by atoms with van der Waals surface area (Å²) in [6, 6.07) is 4.99. The van der Waals surface area contributed by atoms with E-state index >= 15 is 0 Å². The van der Waals surface area contributed by atoms with Gasteiger partial charge in [-0.05, 0) is 24.4 Å². The van der Waals surface area contributed by atoms with Gasteiger partial charge < -0.3 is 14.8 Å². The van der Waals surface area contributed by atoms with Crippen molar-refractivity contribution in [2.24, 2.45) is 0 Å². The van der Waals surface area contributed by atoms with Crippen LogP contribution in [0.1, 0.15) is 17.3 Å². The summed E-state index contributed by atoms with van der Waals surface area (Å²) in [6.45, 7) is 2.23. The van der Waals surface area contributed by atoms with Gasteiger partial charge in [-0.2, -0.15) is 0 Å². The van der Waals surface area contributed by atoms with Gasteiger partial charge in [0.25, 0.3) is 0 Å². The van der Waals surface area contributed by atoms with E-state index < -0.39 is 12.1 Å². The lowest BCUT2D eigenvalue weighted by atomic mass is 10.1. The monoisotopic (exact) mass is 219 g/mol. The van der Waals surface area contributed by atoms with Crippen LogP contribution in [0.4, 0.5) is 0 Å². The molecule has 0 amide bonds. The first-order valence-corrected chi connectivity index (χ1v) is 5.07. The van der Waals surface area contributed by atoms with Gasteiger partial charge in [-0.25, -0.2) is 4.79 Å². The van der Waals surface area contributed by atoms with E-state index in [4.69, 9.17) is 5.11 Å². The number of nitrogens with zero attached hydrogens (tertiary/aromatic N) is 1. The van der Waals surface area contributed by atoms with E-state index in [1.54, 1.807) is 25.1 Å². The number of aromatic carboxylic acids is 1. The highest BCUT2D eigenvalue weighted by molar-refractivity contribution is 5.94. The first-order valence-electron chi connectivity index (χ1n) is 5.07. The molecule has 2 aromatic rings. The highest BCUT2D eigenvalue weighted by Gasteiger charge is 2.06. The van der Waals surface area contributed by atoms with Crippen molar-refractivity contribution in [3.63, 3.8) is 0 Å². The molecule has 0 bridgehead atoms. The minimum Gasteiger partial charge on any atom is -0.478 e. The summed E-state index contributed by atoms with van der Waals surface area (Å²) in [6.07, 6.45) is 3.32. The molecule has 4 heteroatoms. The van der Waals surface area contributed by atoms with E-state index in [1.165, 1.54) is 0 Å². The van der Waals surface area contributed by atoms with Gasteiger partial charge in [0.15, 0.2) is 0 Å². The molecule has 84 valence electrons. The van der Waals surface area contributed by atoms with Gasteiger partial charge in [0.2, 0.25) is 0 Å². The van der Waals surface area contributed by atoms with E-state index in [9.17, 15) is 9.90 Å². The number of aliphatic hydroxyl groups excluding tert-OH is 1. The minimum atomic E-state index is -0.926. The summed E-state index contributed by atoms with van der Waals surface area (Å²) in [5.41, 5.74) is 0.280. The predicted molar refractivity (Wildman–Crippen MR) is 60.6 cm³/mol. The van der Waals surface area contributed by atoms with Crippen molar-refractivity contribution in [3.8, 4) is 0 Å². The Hall–Kier alpha value is -1.81. The number of rotatable bonds is 3. The highest BCUT2D eigenvalue weighted by Crippen LogP contribution is 2.17. The third-order valence-electron chi connectivity index (χ3n) is 2.42. The van der Waals surface area contributed by atoms with Crippen molar-refractivity contribution in [3.05, 3.63) is 36.2 Å². The van der Waals surface area contributed by atoms with Gasteiger partial charge >= 0.3 is 5.97 Å². The lowest BCUT2D eigenvalue weighted by Gasteiger charge is -2.03. The summed E-state index contributed by atoms with van der Waals surface area (Å²) < 4.78 is 1.86. The van der Waals surface area contributed by atoms with Crippen LogP contribution in [0, 0.1) is 0 Å². The Kier molecular flexibility index (Phi) is 2.66. The summed E-state index contributed by atoms with van der Waals surface area (Å²) in [4.78, 5) is 10.8. The smallest absolute Gasteiger partial charge is 0.335 e. The maximum Gasteiger partial charge on any atom is 0.335 e. The molecule has 1 unspecified atom stereocenters. The number of carboxylic acid groups (broad SMARTS) is 1. The summed E-state index contributed by atoms with van der Waals surface area (Å²) in [5.74, 6) is -0.926. The topological polar surface area (TPSA) is 62.5 Å². The lowest BCUT2D eigenvalue weighted by molar-refractivity contribution is 0.0697. The summed E-state index contributed by atoms with van der Waals surface area (Å²) in [5, 5.41) is 20.0. The molecule has 1 heterocycles. The largest absolute Gasteiger partial charge is 0.478 e. The molecular weight excluding hydrogens is 206 g/mol. The number of hydrogen-bond donors (Lipinski definition) is 2. The average Bonchev–Trinajstić information content (AvgIpc) is 2.56. The Morgan fingerprint density at radius 2 is 2.06 bits per heavy atom. The molecule has 1 aromatic heterocycles. The van der Waals surface area contributed by atoms with E-state index in [0.29, 0.717) is 6.54 Å². The maximum atomic E-state index is 10.8. The molecule has 4 nitrogen and oxygen atoms in total. The Bertz CT molecular complexity index is 528. The molecule has 1 aromatic carbocycles. The van der Waals surface area contributed by atoms with Crippen molar-refractivity contribution in [2.45, 2.75) is 19.6 Å². The lowest BCUT2D eigenvalue weighted by Crippen LogP contribution is -2.09. The van der Waals surface area contributed by atoms with E-state index in [1.807, 2.05) is 17.0 Å². The van der Waals surface area contributed by atoms with Crippen LogP contribution in [-0.2, 0) is 6.54 Å². The number of aliphatic hydroxyl groups is 1. The first kappa shape index (κ1) is 10.7. The molecule has 0 saturated carbocycles. The maximum absolute atomic E-state index is 10.8. The second-order valence-corrected chi connectivity index (χ2v) is 3.95. The van der Waals surface area contributed by atoms with Crippen molar-refractivity contribution < 1.29 is 15.0 Å². The van der Waals surface area contributed by atoms with Crippen LogP contribution in [0.2, 0.25) is 0 Å². The summed E-state index contributed by atoms with van der Waals surface area (Å²) in [7, 11) is 0. The second kappa shape index (κ2) is 3.98. The van der Waals surface area contributed by atoms with E-state index in [-0.39, 0.29) is 5.56 Å². The van der Waals surface area contributed by atoms with Crippen LogP contribution in [0.15, 0.2) is 30.6 Å². The Balaban J connectivity index is 2.42. The van der Waals surface area contributed by atoms with Gasteiger partial charge in [-0.1, -0.05) is 6.07 Å². The molecule has 0 aliphatic rings. The Morgan fingerprint density at radius 3 is 2.69 bits per heavy atom. The van der Waals surface area contributed by atoms with Gasteiger partial charge in [0.05, 0.1) is 11.7 Å². The van der Waals surface area contributed by atoms with Crippen LogP contribution >= 0.6 is 0 Å². The minimum absolute atomic E-state index is 0.280. The fourth-order valence-electron chi connectivity index (χ4n) is 1.74. The van der Waals surface area contributed by atoms with Crippen molar-refractivity contribution in [1.29, 1.82) is 0 Å². The molecule has 2 rings (SSSR count). The van der Waals surface area contributed by atoms with Crippen molar-refractivity contribution in [2.75, 3.05) is 0 Å². The van der Waals surface area contributed by atoms with Gasteiger partial charge in [0, 0.05) is 24.3 Å². The molecule has 1 atom stereocenters. The number of aromatic nitrogens is 1. The average molecular weight is 219 g/mol. The molecule has 0 fully saturated rings. The van der Waals surface area contributed by atoms with Crippen molar-refractivity contribution in [1.82, 2.24) is 4.57 Å². The molecule has 0 spiro atoms. The van der Waals surface area contributed by atoms with Gasteiger partial charge in [-0.15, -0.1) is 0 Å². The second-order valence-electron chi connectivity index (χ2n) is 3.95. The quantitative estimate of drug-likeness (QED) is 0.826. The zero-order valence-electron chi connectivity index (χ0n) is 8.92. The first-order chi connectivity index (χ1) is 7.56. The third kappa shape index (κ3) is 2.06. The number of fused-ring (bicyclic) bond motifs is 1. The number of carboxylic acids is 1.